The summed E-state index contributed by atoms with van der Waals surface area (Å²) in [7, 11) is 1.38. The normalized spacial score (nSPS) is 14.4. The van der Waals surface area contributed by atoms with E-state index in [0.717, 1.165) is 12.1 Å². The van der Waals surface area contributed by atoms with Crippen molar-refractivity contribution in [1.29, 1.82) is 0 Å². The zero-order chi connectivity index (χ0) is 25.1. The summed E-state index contributed by atoms with van der Waals surface area (Å²) in [4.78, 5) is 22.3. The molecule has 8 nitrogen and oxygen atoms in total. The fourth-order valence-electron chi connectivity index (χ4n) is 3.63. The summed E-state index contributed by atoms with van der Waals surface area (Å²) in [5.74, 6) is -1.54. The number of alkyl halides is 2. The van der Waals surface area contributed by atoms with Gasteiger partial charge in [0.2, 0.25) is 0 Å². The van der Waals surface area contributed by atoms with Gasteiger partial charge in [-0.15, -0.1) is 0 Å². The molecule has 2 heterocycles. The highest BCUT2D eigenvalue weighted by atomic mass is 35.5. The number of methoxy groups -OCH3 is 1. The Labute approximate surface area is 201 Å². The molecule has 0 unspecified atom stereocenters. The molecule has 0 spiro atoms. The molecule has 186 valence electrons. The number of carbonyl (C=O) groups excluding carboxylic acids is 1. The zero-order valence-electron chi connectivity index (χ0n) is 18.2. The number of aromatic nitrogens is 2. The third-order valence-corrected chi connectivity index (χ3v) is 5.75. The lowest BCUT2D eigenvalue weighted by Gasteiger charge is -2.31. The monoisotopic (exact) mass is 514 g/mol. The Kier molecular flexibility index (Phi) is 7.41. The van der Waals surface area contributed by atoms with Gasteiger partial charge in [-0.3, -0.25) is 0 Å². The number of carbonyl (C=O) groups is 1. The van der Waals surface area contributed by atoms with Crippen LogP contribution in [0.1, 0.15) is 12.8 Å². The molecule has 2 aromatic carbocycles. The summed E-state index contributed by atoms with van der Waals surface area (Å²) in [6.07, 6.45) is 0.357. The molecule has 1 N–H and O–H groups in total. The van der Waals surface area contributed by atoms with Crippen LogP contribution in [0.5, 0.6) is 11.5 Å². The van der Waals surface area contributed by atoms with E-state index in [2.05, 4.69) is 20.0 Å². The molecule has 13 heteroatoms. The molecule has 0 saturated carbocycles. The van der Waals surface area contributed by atoms with Crippen LogP contribution < -0.4 is 14.8 Å². The molecule has 1 aliphatic rings. The van der Waals surface area contributed by atoms with Gasteiger partial charge in [0.25, 0.3) is 0 Å². The first kappa shape index (κ1) is 24.7. The number of nitrogens with one attached hydrogen (secondary N) is 1. The topological polar surface area (TPSA) is 85.8 Å². The smallest absolute Gasteiger partial charge is 0.415 e. The number of benzene rings is 2. The van der Waals surface area contributed by atoms with Gasteiger partial charge in [-0.05, 0) is 31.0 Å². The first-order valence-corrected chi connectivity index (χ1v) is 10.8. The number of hydrogen-bond acceptors (Lipinski definition) is 7. The van der Waals surface area contributed by atoms with Crippen molar-refractivity contribution in [3.05, 3.63) is 47.2 Å². The predicted octanol–water partition coefficient (Wildman–Crippen LogP) is 5.52. The second kappa shape index (κ2) is 10.5. The molecule has 1 amide bonds. The van der Waals surface area contributed by atoms with Crippen molar-refractivity contribution < 1.29 is 36.6 Å². The quantitative estimate of drug-likeness (QED) is 0.342. The maximum Gasteiger partial charge on any atom is 0.415 e. The van der Waals surface area contributed by atoms with E-state index < -0.39 is 35.5 Å². The van der Waals surface area contributed by atoms with E-state index in [1.165, 1.54) is 30.5 Å². The van der Waals surface area contributed by atoms with Crippen molar-refractivity contribution >= 4 is 40.1 Å². The van der Waals surface area contributed by atoms with Crippen molar-refractivity contribution in [2.24, 2.45) is 0 Å². The van der Waals surface area contributed by atoms with Gasteiger partial charge in [0.1, 0.15) is 23.0 Å². The van der Waals surface area contributed by atoms with Crippen LogP contribution in [-0.2, 0) is 4.74 Å². The number of nitrogens with zero attached hydrogens (tertiary/aromatic N) is 3. The molecule has 1 saturated heterocycles. The number of ether oxygens (including phenoxy) is 3. The predicted molar refractivity (Wildman–Crippen MR) is 118 cm³/mol. The summed E-state index contributed by atoms with van der Waals surface area (Å²) in [5.41, 5.74) is 0.261. The molecule has 1 aliphatic heterocycles. The fourth-order valence-corrected chi connectivity index (χ4v) is 3.80. The van der Waals surface area contributed by atoms with Gasteiger partial charge in [0.15, 0.2) is 17.3 Å². The molecule has 1 aromatic heterocycles. The van der Waals surface area contributed by atoms with Crippen LogP contribution in [0, 0.1) is 11.6 Å². The molecule has 0 radical (unpaired) electrons. The highest BCUT2D eigenvalue weighted by Crippen LogP contribution is 2.36. The molecule has 0 aliphatic carbocycles. The Morgan fingerprint density at radius 3 is 2.60 bits per heavy atom. The number of fused-ring (bicyclic) bond motifs is 1. The van der Waals surface area contributed by atoms with E-state index in [-0.39, 0.29) is 48.9 Å². The van der Waals surface area contributed by atoms with Gasteiger partial charge in [0.05, 0.1) is 24.4 Å². The molecule has 3 aromatic rings. The number of piperidine rings is 1. The number of amides is 1. The summed E-state index contributed by atoms with van der Waals surface area (Å²) in [6.45, 7) is -2.52. The van der Waals surface area contributed by atoms with Gasteiger partial charge in [-0.2, -0.15) is 8.78 Å². The highest BCUT2D eigenvalue weighted by molar-refractivity contribution is 6.31. The third kappa shape index (κ3) is 5.49. The van der Waals surface area contributed by atoms with Crippen molar-refractivity contribution in [2.45, 2.75) is 25.6 Å². The summed E-state index contributed by atoms with van der Waals surface area (Å²) >= 11 is 5.65. The maximum absolute atomic E-state index is 14.4. The second-order valence-corrected chi connectivity index (χ2v) is 7.92. The maximum atomic E-state index is 14.4. The summed E-state index contributed by atoms with van der Waals surface area (Å²) in [5, 5.41) is 2.41. The van der Waals surface area contributed by atoms with Crippen LogP contribution in [0.25, 0.3) is 10.9 Å². The van der Waals surface area contributed by atoms with Crippen LogP contribution in [0.4, 0.5) is 33.9 Å². The largest absolute Gasteiger partial charge is 0.493 e. The van der Waals surface area contributed by atoms with Crippen LogP contribution in [0.3, 0.4) is 0 Å². The van der Waals surface area contributed by atoms with Crippen molar-refractivity contribution in [1.82, 2.24) is 14.9 Å². The third-order valence-electron chi connectivity index (χ3n) is 5.40. The van der Waals surface area contributed by atoms with E-state index >= 15 is 0 Å². The van der Waals surface area contributed by atoms with Crippen LogP contribution in [0.2, 0.25) is 5.02 Å². The van der Waals surface area contributed by atoms with E-state index in [0.29, 0.717) is 10.9 Å². The van der Waals surface area contributed by atoms with Crippen LogP contribution in [-0.4, -0.2) is 53.9 Å². The van der Waals surface area contributed by atoms with Gasteiger partial charge >= 0.3 is 12.7 Å². The Bertz CT molecular complexity index is 1240. The molecule has 4 rings (SSSR count). The van der Waals surface area contributed by atoms with Crippen LogP contribution >= 0.6 is 11.6 Å². The standard InChI is InChI=1S/C22H19ClF4N4O4/c1-33-16-9-15-12(20(29-10-28-15)30-14-3-2-13(24)18(23)19(14)25)8-17(16)35-22(32)31-6-4-11(5-7-31)34-21(26)27/h2-3,8-11,21H,4-7H2,1H3,(H,28,29,30). The Morgan fingerprint density at radius 1 is 1.17 bits per heavy atom. The minimum Gasteiger partial charge on any atom is -0.493 e. The van der Waals surface area contributed by atoms with Gasteiger partial charge in [-0.1, -0.05) is 11.6 Å². The molecule has 1 fully saturated rings. The van der Waals surface area contributed by atoms with Gasteiger partial charge in [-0.25, -0.2) is 23.5 Å². The minimum absolute atomic E-state index is 0.0337. The van der Waals surface area contributed by atoms with Crippen molar-refractivity contribution in [3.8, 4) is 11.5 Å². The second-order valence-electron chi connectivity index (χ2n) is 7.54. The fraction of sp³-hybridized carbons (Fsp3) is 0.318. The molecule has 35 heavy (non-hydrogen) atoms. The SMILES string of the molecule is COc1cc2ncnc(Nc3ccc(F)c(Cl)c3F)c2cc1OC(=O)N1CCC(OC(F)F)CC1. The van der Waals surface area contributed by atoms with Crippen molar-refractivity contribution in [2.75, 3.05) is 25.5 Å². The molecular weight excluding hydrogens is 496 g/mol. The van der Waals surface area contributed by atoms with Crippen molar-refractivity contribution in [3.63, 3.8) is 0 Å². The summed E-state index contributed by atoms with van der Waals surface area (Å²) in [6, 6.07) is 5.10. The lowest BCUT2D eigenvalue weighted by atomic mass is 10.1. The van der Waals surface area contributed by atoms with E-state index in [1.807, 2.05) is 0 Å². The van der Waals surface area contributed by atoms with E-state index in [1.54, 1.807) is 0 Å². The number of halogens is 5. The first-order chi connectivity index (χ1) is 16.8. The lowest BCUT2D eigenvalue weighted by molar-refractivity contribution is -0.171. The van der Waals surface area contributed by atoms with Crippen LogP contribution in [0.15, 0.2) is 30.6 Å². The Balaban J connectivity index is 1.58. The summed E-state index contributed by atoms with van der Waals surface area (Å²) < 4.78 is 68.0. The molecule has 0 bridgehead atoms. The Hall–Kier alpha value is -3.38. The average Bonchev–Trinajstić information content (AvgIpc) is 2.84. The number of hydrogen-bond donors (Lipinski definition) is 1. The van der Waals surface area contributed by atoms with Gasteiger partial charge < -0.3 is 24.4 Å². The number of rotatable bonds is 6. The average molecular weight is 515 g/mol. The van der Waals surface area contributed by atoms with E-state index in [9.17, 15) is 22.4 Å². The minimum atomic E-state index is -2.87. The van der Waals surface area contributed by atoms with Gasteiger partial charge in [0, 0.05) is 24.5 Å². The molecular formula is C22H19ClF4N4O4. The first-order valence-electron chi connectivity index (χ1n) is 10.4. The zero-order valence-corrected chi connectivity index (χ0v) is 19.0. The molecule has 0 atom stereocenters. The van der Waals surface area contributed by atoms with E-state index in [4.69, 9.17) is 21.1 Å². The lowest BCUT2D eigenvalue weighted by Crippen LogP contribution is -2.42. The number of likely N-dealkylation sites (tertiary alicyclic amines) is 1. The number of anilines is 2. The Morgan fingerprint density at radius 2 is 1.91 bits per heavy atom. The highest BCUT2D eigenvalue weighted by Gasteiger charge is 2.27.